The van der Waals surface area contributed by atoms with Crippen molar-refractivity contribution in [3.63, 3.8) is 0 Å². The normalized spacial score (nSPS) is 17.8. The third-order valence-electron chi connectivity index (χ3n) is 19.6. The number of hydrogen-bond acceptors (Lipinski definition) is 24. The molecule has 5 rings (SSSR count). The van der Waals surface area contributed by atoms with E-state index in [-0.39, 0.29) is 211 Å². The predicted octanol–water partition coefficient (Wildman–Crippen LogP) is 5.49. The Hall–Kier alpha value is -7.76. The number of thiazole rings is 1. The van der Waals surface area contributed by atoms with Gasteiger partial charge < -0.3 is 93.4 Å². The molecule has 3 aliphatic rings. The number of esters is 2. The molecule has 0 spiro atoms. The van der Waals surface area contributed by atoms with Crippen LogP contribution in [-0.4, -0.2) is 285 Å². The number of alkyl carbamates (subject to hydrolysis) is 1. The van der Waals surface area contributed by atoms with E-state index in [1.54, 1.807) is 50.9 Å². The highest BCUT2D eigenvalue weighted by atomic mass is 32.1. The Kier molecular flexibility index (Phi) is 43.2. The van der Waals surface area contributed by atoms with Crippen LogP contribution in [0.2, 0.25) is 0 Å². The fourth-order valence-electron chi connectivity index (χ4n) is 13.7. The van der Waals surface area contributed by atoms with Crippen LogP contribution in [0.15, 0.2) is 54.6 Å². The molecular weight excluding hydrogens is 1460 g/mol. The summed E-state index contributed by atoms with van der Waals surface area (Å²) in [6, 6.07) is 6.11. The number of nitrogens with zero attached hydrogens (tertiary/aromatic N) is 5. The van der Waals surface area contributed by atoms with Crippen LogP contribution in [0.4, 0.5) is 9.59 Å². The van der Waals surface area contributed by atoms with Crippen molar-refractivity contribution in [1.29, 1.82) is 0 Å². The van der Waals surface area contributed by atoms with Crippen molar-refractivity contribution in [3.8, 4) is 0 Å². The fourth-order valence-corrected chi connectivity index (χ4v) is 14.4. The Morgan fingerprint density at radius 1 is 0.712 bits per heavy atom. The Morgan fingerprint density at radius 3 is 1.87 bits per heavy atom. The highest BCUT2D eigenvalue weighted by Gasteiger charge is 2.53. The lowest BCUT2D eigenvalue weighted by Crippen LogP contribution is -2.60. The molecule has 0 unspecified atom stereocenters. The molecule has 1 aliphatic carbocycles. The number of carbonyl (C=O) groups is 11. The van der Waals surface area contributed by atoms with Crippen molar-refractivity contribution >= 4 is 76.8 Å². The summed E-state index contributed by atoms with van der Waals surface area (Å²) in [6.45, 7) is 21.0. The molecule has 0 radical (unpaired) electrons. The molecule has 2 aromatic rings. The second-order valence-corrected chi connectivity index (χ2v) is 30.1. The van der Waals surface area contributed by atoms with Gasteiger partial charge in [-0.15, -0.1) is 11.3 Å². The van der Waals surface area contributed by atoms with E-state index in [2.05, 4.69) is 38.1 Å². The molecule has 3 heterocycles. The SMILES string of the molecule is C=CCOC(=O)CCOCCOCCC(=O)NCCN(CCNC(=O)CCOCCOCCOCCC(=O)OC(=O)N1[C@@H]2CC[C@@H](C2)[C@H]1C(=O)N[C@H](C(=O)N(C)[C@@H]([C@@H](C)CC)[C@@H](CC(=O)N1CCC[C@H]1[C@H](OC)[C@@H](C)C(=O)N[C@@H](Cc1ccccc1)c1nccs1)OC)C(C)C)C(=O)CCOCCNC(=O)OC(C)(C)C. The van der Waals surface area contributed by atoms with Crippen LogP contribution in [0.25, 0.3) is 0 Å². The third kappa shape index (κ3) is 33.5. The zero-order chi connectivity index (χ0) is 81.3. The minimum atomic E-state index is -1.04. The van der Waals surface area contributed by atoms with E-state index in [0.29, 0.717) is 51.5 Å². The van der Waals surface area contributed by atoms with Crippen LogP contribution in [0.5, 0.6) is 0 Å². The van der Waals surface area contributed by atoms with Gasteiger partial charge in [0.05, 0.1) is 141 Å². The number of nitrogens with one attached hydrogen (secondary N) is 5. The van der Waals surface area contributed by atoms with Crippen molar-refractivity contribution in [2.45, 2.75) is 193 Å². The maximum absolute atomic E-state index is 14.9. The lowest BCUT2D eigenvalue weighted by molar-refractivity contribution is -0.148. The number of amides is 9. The van der Waals surface area contributed by atoms with E-state index < -0.39 is 89.8 Å². The molecule has 3 fully saturated rings. The summed E-state index contributed by atoms with van der Waals surface area (Å²) < 4.78 is 60.7. The number of carbonyl (C=O) groups excluding carboxylic acids is 11. The van der Waals surface area contributed by atoms with Crippen LogP contribution < -0.4 is 26.6 Å². The summed E-state index contributed by atoms with van der Waals surface area (Å²) in [5.74, 6) is -4.94. The van der Waals surface area contributed by atoms with Gasteiger partial charge in [0.1, 0.15) is 29.3 Å². The molecule has 2 bridgehead atoms. The van der Waals surface area contributed by atoms with Crippen molar-refractivity contribution < 1.29 is 105 Å². The molecule has 624 valence electrons. The molecule has 111 heavy (non-hydrogen) atoms. The summed E-state index contributed by atoms with van der Waals surface area (Å²) in [4.78, 5) is 158. The van der Waals surface area contributed by atoms with Gasteiger partial charge in [0, 0.05) is 91.0 Å². The zero-order valence-corrected chi connectivity index (χ0v) is 67.8. The van der Waals surface area contributed by atoms with E-state index >= 15 is 0 Å². The number of piperidine rings is 1. The third-order valence-corrected chi connectivity index (χ3v) is 20.5. The first-order valence-corrected chi connectivity index (χ1v) is 39.8. The lowest BCUT2D eigenvalue weighted by Gasteiger charge is -2.41. The Balaban J connectivity index is 1.00. The summed E-state index contributed by atoms with van der Waals surface area (Å²) in [5, 5.41) is 17.0. The highest BCUT2D eigenvalue weighted by molar-refractivity contribution is 7.09. The second-order valence-electron chi connectivity index (χ2n) is 29.2. The molecule has 11 atom stereocenters. The summed E-state index contributed by atoms with van der Waals surface area (Å²) in [5.41, 5.74) is 0.391. The molecule has 1 aromatic carbocycles. The molecule has 5 N–H and O–H groups in total. The molecule has 2 saturated heterocycles. The van der Waals surface area contributed by atoms with Gasteiger partial charge in [0.25, 0.3) is 0 Å². The van der Waals surface area contributed by atoms with Crippen molar-refractivity contribution in [3.05, 3.63) is 65.1 Å². The quantitative estimate of drug-likeness (QED) is 0.0180. The largest absolute Gasteiger partial charge is 0.461 e. The fraction of sp³-hybridized carbons (Fsp3) is 0.718. The Bertz CT molecular complexity index is 3190. The van der Waals surface area contributed by atoms with Gasteiger partial charge in [-0.1, -0.05) is 84.0 Å². The lowest BCUT2D eigenvalue weighted by atomic mass is 9.89. The van der Waals surface area contributed by atoms with Gasteiger partial charge in [-0.25, -0.2) is 14.6 Å². The van der Waals surface area contributed by atoms with Crippen molar-refractivity contribution in [2.24, 2.45) is 23.7 Å². The van der Waals surface area contributed by atoms with Crippen LogP contribution in [0.1, 0.15) is 149 Å². The van der Waals surface area contributed by atoms with E-state index in [9.17, 15) is 52.7 Å². The van der Waals surface area contributed by atoms with Gasteiger partial charge in [-0.2, -0.15) is 0 Å². The molecule has 2 aliphatic heterocycles. The number of methoxy groups -OCH3 is 2. The van der Waals surface area contributed by atoms with E-state index in [4.69, 9.17) is 52.1 Å². The van der Waals surface area contributed by atoms with Crippen LogP contribution in [0.3, 0.4) is 0 Å². The highest BCUT2D eigenvalue weighted by Crippen LogP contribution is 2.43. The minimum Gasteiger partial charge on any atom is -0.461 e. The second kappa shape index (κ2) is 51.1. The molecule has 1 aromatic heterocycles. The molecule has 1 saturated carbocycles. The Morgan fingerprint density at radius 2 is 1.31 bits per heavy atom. The van der Waals surface area contributed by atoms with Crippen LogP contribution in [-0.2, 0) is 102 Å². The number of rotatable bonds is 54. The smallest absolute Gasteiger partial charge is 0.418 e. The first-order valence-electron chi connectivity index (χ1n) is 38.9. The van der Waals surface area contributed by atoms with Gasteiger partial charge in [0.15, 0.2) is 0 Å². The maximum atomic E-state index is 14.9. The number of fused-ring (bicyclic) bond motifs is 2. The number of aromatic nitrogens is 1. The monoisotopic (exact) mass is 1580 g/mol. The van der Waals surface area contributed by atoms with E-state index in [0.717, 1.165) is 10.6 Å². The number of ether oxygens (including phenoxy) is 11. The zero-order valence-electron chi connectivity index (χ0n) is 67.0. The van der Waals surface area contributed by atoms with E-state index in [1.165, 1.54) is 34.3 Å². The molecule has 9 amide bonds. The summed E-state index contributed by atoms with van der Waals surface area (Å²) in [6.07, 6.45) is 4.42. The van der Waals surface area contributed by atoms with E-state index in [1.807, 2.05) is 70.3 Å². The van der Waals surface area contributed by atoms with Gasteiger partial charge in [-0.05, 0) is 82.6 Å². The predicted molar refractivity (Wildman–Crippen MR) is 410 cm³/mol. The molecular formula is C78H124N10O22S. The number of likely N-dealkylation sites (N-methyl/N-ethyl adjacent to an activating group) is 1. The number of benzene rings is 1. The summed E-state index contributed by atoms with van der Waals surface area (Å²) >= 11 is 1.47. The standard InChI is InChI=1S/C78H124N10O22S/c1-13-36-108-66(93)27-40-105-44-43-103-37-24-62(89)79-29-34-86(64(91)26-39-102-42-31-82-76(98)110-78(7,8)9)35-30-80-63(90)25-38-104-45-47-107-48-46-106-41-28-67(94)109-77(99)88-58-23-22-57(51-58)70(88)73(96)84-68(53(3)4)75(97)85(10)69(54(5)14-2)61(100-11)52-65(92)87-33-18-21-60(87)71(101-12)55(6)72(95)83-59(74-81-32-49-111-74)50-56-19-16-15-17-20-56/h13,15-17,19-20,32,49,53-55,57-61,68-71H,1,14,18,21-31,33-48,50-52H2,2-12H3,(H,79,89)(H,80,90)(H,82,98)(H,83,95)(H,84,96)/t54-,55+,57-,58+,59-,60-,61+,68-,69-,70-,71+/m0/s1. The topological polar surface area (TPSA) is 375 Å². The van der Waals surface area contributed by atoms with Gasteiger partial charge >= 0.3 is 24.1 Å². The van der Waals surface area contributed by atoms with Crippen LogP contribution in [0, 0.1) is 23.7 Å². The summed E-state index contributed by atoms with van der Waals surface area (Å²) in [7, 11) is 4.73. The minimum absolute atomic E-state index is 0.00239. The maximum Gasteiger partial charge on any atom is 0.418 e. The van der Waals surface area contributed by atoms with Crippen LogP contribution >= 0.6 is 11.3 Å². The molecule has 33 heteroatoms. The average Bonchev–Trinajstić information content (AvgIpc) is 1.62. The van der Waals surface area contributed by atoms with Crippen molar-refractivity contribution in [2.75, 3.05) is 146 Å². The molecule has 32 nitrogen and oxygen atoms in total. The number of likely N-dealkylation sites (tertiary alicyclic amines) is 2. The van der Waals surface area contributed by atoms with Gasteiger partial charge in [0.2, 0.25) is 41.4 Å². The van der Waals surface area contributed by atoms with Crippen molar-refractivity contribution in [1.82, 2.24) is 51.2 Å². The average molecular weight is 1590 g/mol. The number of hydrogen-bond donors (Lipinski definition) is 5. The Labute approximate surface area is 658 Å². The first kappa shape index (κ1) is 93.8. The first-order chi connectivity index (χ1) is 53.2. The van der Waals surface area contributed by atoms with Gasteiger partial charge in [-0.3, -0.25) is 48.1 Å².